The van der Waals surface area contributed by atoms with Crippen molar-refractivity contribution in [3.8, 4) is 0 Å². The predicted octanol–water partition coefficient (Wildman–Crippen LogP) is 2.20. The molecular formula is C25H32FN5O4. The fourth-order valence-electron chi connectivity index (χ4n) is 4.67. The molecule has 3 heterocycles. The zero-order valence-electron chi connectivity index (χ0n) is 19.8. The molecule has 2 aromatic carbocycles. The fraction of sp³-hybridized carbons (Fsp3) is 0.480. The molecule has 0 aromatic heterocycles. The van der Waals surface area contributed by atoms with E-state index in [1.807, 2.05) is 9.96 Å². The molecule has 0 aliphatic carbocycles. The molecule has 5 rings (SSSR count). The number of cyclic esters (lactones) is 1. The summed E-state index contributed by atoms with van der Waals surface area (Å²) in [4.78, 5) is 23.7. The molecule has 35 heavy (non-hydrogen) atoms. The van der Waals surface area contributed by atoms with Crippen molar-refractivity contribution in [2.24, 2.45) is 5.73 Å². The molecule has 10 heteroatoms. The van der Waals surface area contributed by atoms with Crippen LogP contribution in [-0.4, -0.2) is 82.9 Å². The molecule has 1 atom stereocenters. The van der Waals surface area contributed by atoms with Crippen molar-refractivity contribution in [1.29, 1.82) is 0 Å². The Labute approximate surface area is 204 Å². The van der Waals surface area contributed by atoms with Gasteiger partial charge in [-0.15, -0.1) is 0 Å². The van der Waals surface area contributed by atoms with Crippen LogP contribution in [0.3, 0.4) is 0 Å². The normalized spacial score (nSPS) is 21.8. The van der Waals surface area contributed by atoms with Gasteiger partial charge in [0.05, 0.1) is 37.7 Å². The quantitative estimate of drug-likeness (QED) is 0.667. The Balaban J connectivity index is 1.18. The van der Waals surface area contributed by atoms with Gasteiger partial charge in [-0.05, 0) is 35.9 Å². The van der Waals surface area contributed by atoms with Gasteiger partial charge in [0.15, 0.2) is 0 Å². The van der Waals surface area contributed by atoms with Crippen LogP contribution in [0.15, 0.2) is 42.5 Å². The van der Waals surface area contributed by atoms with Crippen molar-refractivity contribution in [3.63, 3.8) is 0 Å². The number of halogens is 1. The number of rotatable bonds is 6. The molecule has 0 unspecified atom stereocenters. The molecule has 2 aromatic rings. The molecule has 1 amide bonds. The van der Waals surface area contributed by atoms with Gasteiger partial charge in [0, 0.05) is 51.5 Å². The van der Waals surface area contributed by atoms with E-state index in [9.17, 15) is 4.79 Å². The first kappa shape index (κ1) is 23.8. The van der Waals surface area contributed by atoms with E-state index in [1.165, 1.54) is 22.2 Å². The number of carbonyl (C=O) groups excluding carboxylic acids is 1. The monoisotopic (exact) mass is 485 g/mol. The predicted molar refractivity (Wildman–Crippen MR) is 131 cm³/mol. The molecular weight excluding hydrogens is 453 g/mol. The second kappa shape index (κ2) is 10.8. The minimum absolute atomic E-state index is 0.241. The molecule has 0 bridgehead atoms. The van der Waals surface area contributed by atoms with Crippen LogP contribution in [0.4, 0.5) is 26.2 Å². The van der Waals surface area contributed by atoms with Crippen molar-refractivity contribution in [3.05, 3.63) is 53.8 Å². The Morgan fingerprint density at radius 1 is 0.914 bits per heavy atom. The number of ether oxygens (including phenoxy) is 2. The number of morpholine rings is 1. The fourth-order valence-corrected chi connectivity index (χ4v) is 4.67. The van der Waals surface area contributed by atoms with Gasteiger partial charge in [-0.25, -0.2) is 9.18 Å². The molecule has 0 saturated carbocycles. The molecule has 2 N–H and O–H groups in total. The van der Waals surface area contributed by atoms with E-state index in [1.54, 1.807) is 12.1 Å². The third-order valence-corrected chi connectivity index (χ3v) is 6.65. The van der Waals surface area contributed by atoms with Crippen LogP contribution in [0, 0.1) is 5.82 Å². The SMILES string of the molecule is NC[C@H]1CN(c2ccc(N3CCON(Cc4ccc(N5CCOCC5)cc4)CC3)c(F)c2)C(=O)O1. The minimum atomic E-state index is -0.496. The van der Waals surface area contributed by atoms with E-state index in [4.69, 9.17) is 20.0 Å². The minimum Gasteiger partial charge on any atom is -0.443 e. The van der Waals surface area contributed by atoms with E-state index < -0.39 is 6.09 Å². The van der Waals surface area contributed by atoms with Crippen LogP contribution >= 0.6 is 0 Å². The highest BCUT2D eigenvalue weighted by Crippen LogP contribution is 2.28. The summed E-state index contributed by atoms with van der Waals surface area (Å²) in [6.07, 6.45) is -0.862. The molecule has 9 nitrogen and oxygen atoms in total. The second-order valence-corrected chi connectivity index (χ2v) is 8.94. The first-order valence-corrected chi connectivity index (χ1v) is 12.1. The first-order chi connectivity index (χ1) is 17.1. The van der Waals surface area contributed by atoms with Crippen LogP contribution in [0.25, 0.3) is 0 Å². The number of hydrogen-bond donors (Lipinski definition) is 1. The molecule has 0 spiro atoms. The zero-order chi connectivity index (χ0) is 24.2. The van der Waals surface area contributed by atoms with Crippen molar-refractivity contribution in [2.45, 2.75) is 12.6 Å². The van der Waals surface area contributed by atoms with Gasteiger partial charge in [-0.2, -0.15) is 5.06 Å². The largest absolute Gasteiger partial charge is 0.443 e. The lowest BCUT2D eigenvalue weighted by molar-refractivity contribution is -0.154. The Kier molecular flexibility index (Phi) is 7.33. The number of carbonyl (C=O) groups is 1. The highest BCUT2D eigenvalue weighted by molar-refractivity contribution is 5.90. The molecule has 3 fully saturated rings. The molecule has 3 aliphatic heterocycles. The van der Waals surface area contributed by atoms with Gasteiger partial charge in [0.25, 0.3) is 0 Å². The summed E-state index contributed by atoms with van der Waals surface area (Å²) in [5.74, 6) is -0.376. The summed E-state index contributed by atoms with van der Waals surface area (Å²) in [6, 6.07) is 13.4. The Morgan fingerprint density at radius 3 is 2.37 bits per heavy atom. The molecule has 0 radical (unpaired) electrons. The maximum Gasteiger partial charge on any atom is 0.414 e. The number of anilines is 3. The van der Waals surface area contributed by atoms with Gasteiger partial charge in [0.2, 0.25) is 0 Å². The van der Waals surface area contributed by atoms with Crippen molar-refractivity contribution in [1.82, 2.24) is 5.06 Å². The third-order valence-electron chi connectivity index (χ3n) is 6.65. The number of nitrogens with zero attached hydrogens (tertiary/aromatic N) is 4. The zero-order valence-corrected chi connectivity index (χ0v) is 19.8. The number of hydrogen-bond acceptors (Lipinski definition) is 8. The Bertz CT molecular complexity index is 1020. The van der Waals surface area contributed by atoms with Crippen LogP contribution < -0.4 is 20.4 Å². The van der Waals surface area contributed by atoms with Crippen LogP contribution in [0.5, 0.6) is 0 Å². The van der Waals surface area contributed by atoms with E-state index in [0.717, 1.165) is 26.3 Å². The average Bonchev–Trinajstić information content (AvgIpc) is 3.12. The van der Waals surface area contributed by atoms with Gasteiger partial charge >= 0.3 is 6.09 Å². The van der Waals surface area contributed by atoms with Crippen molar-refractivity contribution < 1.29 is 23.5 Å². The summed E-state index contributed by atoms with van der Waals surface area (Å²) in [6.45, 7) is 6.90. The van der Waals surface area contributed by atoms with Crippen LogP contribution in [0.1, 0.15) is 5.56 Å². The standard InChI is InChI=1S/C25H32FN5O4/c26-23-15-21(31-18-22(16-27)35-25(31)32)5-6-24(23)29-7-8-30(34-14-11-29)17-19-1-3-20(4-2-19)28-9-12-33-13-10-28/h1-6,15,22H,7-14,16-18,27H2/t22-/m0/s1. The van der Waals surface area contributed by atoms with E-state index in [0.29, 0.717) is 50.7 Å². The lowest BCUT2D eigenvalue weighted by atomic mass is 10.2. The number of hydroxylamine groups is 2. The van der Waals surface area contributed by atoms with Crippen molar-refractivity contribution in [2.75, 3.05) is 80.3 Å². The molecule has 3 aliphatic rings. The number of benzene rings is 2. The number of amides is 1. The van der Waals surface area contributed by atoms with Crippen LogP contribution in [0.2, 0.25) is 0 Å². The van der Waals surface area contributed by atoms with Gasteiger partial charge in [-0.3, -0.25) is 9.74 Å². The summed E-state index contributed by atoms with van der Waals surface area (Å²) >= 11 is 0. The number of nitrogens with two attached hydrogens (primary N) is 1. The summed E-state index contributed by atoms with van der Waals surface area (Å²) in [5.41, 5.74) is 8.94. The average molecular weight is 486 g/mol. The lowest BCUT2D eigenvalue weighted by Gasteiger charge is -2.29. The first-order valence-electron chi connectivity index (χ1n) is 12.1. The Hall–Kier alpha value is -2.92. The maximum absolute atomic E-state index is 15.1. The van der Waals surface area contributed by atoms with E-state index in [2.05, 4.69) is 29.2 Å². The highest BCUT2D eigenvalue weighted by Gasteiger charge is 2.32. The lowest BCUT2D eigenvalue weighted by Crippen LogP contribution is -2.36. The third kappa shape index (κ3) is 5.51. The molecule has 188 valence electrons. The smallest absolute Gasteiger partial charge is 0.414 e. The molecule has 3 saturated heterocycles. The summed E-state index contributed by atoms with van der Waals surface area (Å²) in [7, 11) is 0. The van der Waals surface area contributed by atoms with E-state index in [-0.39, 0.29) is 18.5 Å². The second-order valence-electron chi connectivity index (χ2n) is 8.94. The summed E-state index contributed by atoms with van der Waals surface area (Å²) in [5, 5.41) is 1.93. The highest BCUT2D eigenvalue weighted by atomic mass is 19.1. The van der Waals surface area contributed by atoms with Gasteiger partial charge in [0.1, 0.15) is 11.9 Å². The van der Waals surface area contributed by atoms with Crippen molar-refractivity contribution >= 4 is 23.2 Å². The van der Waals surface area contributed by atoms with E-state index >= 15 is 4.39 Å². The van der Waals surface area contributed by atoms with Gasteiger partial charge < -0.3 is 25.0 Å². The topological polar surface area (TPSA) is 83.7 Å². The maximum atomic E-state index is 15.1. The summed E-state index contributed by atoms with van der Waals surface area (Å²) < 4.78 is 25.7. The van der Waals surface area contributed by atoms with Crippen LogP contribution in [-0.2, 0) is 20.9 Å². The van der Waals surface area contributed by atoms with Gasteiger partial charge in [-0.1, -0.05) is 12.1 Å². The Morgan fingerprint density at radius 2 is 1.66 bits per heavy atom.